The number of rotatable bonds is 3. The molecule has 0 aromatic heterocycles. The molecule has 1 saturated heterocycles. The standard InChI is InChI=1S/C16H23N3O4/c1-16(2,3)23-15(20)17(4)14-9-10-18(11-14)12-5-7-13(8-6-12)19(21)22/h5-8,14H,9-11H2,1-4H3/t14-/m0/s1. The van der Waals surface area contributed by atoms with Gasteiger partial charge in [0, 0.05) is 38.0 Å². The van der Waals surface area contributed by atoms with Crippen LogP contribution in [0.25, 0.3) is 0 Å². The van der Waals surface area contributed by atoms with Crippen molar-refractivity contribution in [1.29, 1.82) is 0 Å². The molecule has 2 rings (SSSR count). The van der Waals surface area contributed by atoms with Crippen LogP contribution >= 0.6 is 0 Å². The van der Waals surface area contributed by atoms with Gasteiger partial charge in [-0.3, -0.25) is 10.1 Å². The lowest BCUT2D eigenvalue weighted by Gasteiger charge is -2.28. The Hall–Kier alpha value is -2.31. The molecule has 0 N–H and O–H groups in total. The number of hydrogen-bond donors (Lipinski definition) is 0. The van der Waals surface area contributed by atoms with Crippen LogP contribution in [0.3, 0.4) is 0 Å². The molecule has 1 aromatic carbocycles. The Kier molecular flexibility index (Phi) is 4.77. The molecular formula is C16H23N3O4. The Bertz CT molecular complexity index is 580. The number of likely N-dealkylation sites (N-methyl/N-ethyl adjacent to an activating group) is 1. The molecule has 0 radical (unpaired) electrons. The smallest absolute Gasteiger partial charge is 0.410 e. The van der Waals surface area contributed by atoms with Crippen LogP contribution in [-0.4, -0.2) is 47.7 Å². The number of amides is 1. The van der Waals surface area contributed by atoms with Gasteiger partial charge in [-0.1, -0.05) is 0 Å². The second-order valence-electron chi connectivity index (χ2n) is 6.75. The molecule has 0 spiro atoms. The number of carbonyl (C=O) groups is 1. The predicted octanol–water partition coefficient (Wildman–Crippen LogP) is 3.04. The minimum atomic E-state index is -0.512. The molecule has 0 aliphatic carbocycles. The summed E-state index contributed by atoms with van der Waals surface area (Å²) in [4.78, 5) is 26.2. The molecule has 1 amide bonds. The first-order valence-corrected chi connectivity index (χ1v) is 7.62. The summed E-state index contributed by atoms with van der Waals surface area (Å²) in [7, 11) is 1.75. The maximum atomic E-state index is 12.1. The average Bonchev–Trinajstić information content (AvgIpc) is 2.94. The van der Waals surface area contributed by atoms with Gasteiger partial charge < -0.3 is 14.5 Å². The third kappa shape index (κ3) is 4.34. The summed E-state index contributed by atoms with van der Waals surface area (Å²) in [6, 6.07) is 6.56. The molecule has 126 valence electrons. The van der Waals surface area contributed by atoms with Crippen LogP contribution in [0.1, 0.15) is 27.2 Å². The number of nitrogens with zero attached hydrogens (tertiary/aromatic N) is 3. The third-order valence-corrected chi connectivity index (χ3v) is 3.82. The van der Waals surface area contributed by atoms with E-state index in [2.05, 4.69) is 4.90 Å². The number of hydrogen-bond acceptors (Lipinski definition) is 5. The minimum Gasteiger partial charge on any atom is -0.444 e. The van der Waals surface area contributed by atoms with Crippen molar-refractivity contribution in [2.45, 2.75) is 38.8 Å². The first-order chi connectivity index (χ1) is 10.7. The summed E-state index contributed by atoms with van der Waals surface area (Å²) < 4.78 is 5.39. The van der Waals surface area contributed by atoms with E-state index in [0.717, 1.165) is 18.7 Å². The second-order valence-corrected chi connectivity index (χ2v) is 6.75. The number of carbonyl (C=O) groups excluding carboxylic acids is 1. The van der Waals surface area contributed by atoms with Gasteiger partial charge in [0.15, 0.2) is 0 Å². The summed E-state index contributed by atoms with van der Waals surface area (Å²) in [6.07, 6.45) is 0.514. The number of benzene rings is 1. The van der Waals surface area contributed by atoms with E-state index in [1.165, 1.54) is 12.1 Å². The molecule has 1 heterocycles. The lowest BCUT2D eigenvalue weighted by molar-refractivity contribution is -0.384. The molecule has 0 saturated carbocycles. The van der Waals surface area contributed by atoms with E-state index < -0.39 is 10.5 Å². The van der Waals surface area contributed by atoms with Gasteiger partial charge in [0.05, 0.1) is 11.0 Å². The lowest BCUT2D eigenvalue weighted by atomic mass is 10.2. The molecule has 0 unspecified atom stereocenters. The fourth-order valence-electron chi connectivity index (χ4n) is 2.56. The van der Waals surface area contributed by atoms with Gasteiger partial charge in [0.25, 0.3) is 5.69 Å². The largest absolute Gasteiger partial charge is 0.444 e. The zero-order valence-electron chi connectivity index (χ0n) is 14.0. The predicted molar refractivity (Wildman–Crippen MR) is 87.7 cm³/mol. The molecule has 1 aliphatic heterocycles. The number of ether oxygens (including phenoxy) is 1. The Labute approximate surface area is 136 Å². The van der Waals surface area contributed by atoms with Gasteiger partial charge >= 0.3 is 6.09 Å². The van der Waals surface area contributed by atoms with E-state index in [9.17, 15) is 14.9 Å². The summed E-state index contributed by atoms with van der Waals surface area (Å²) in [5.41, 5.74) is 0.494. The highest BCUT2D eigenvalue weighted by Crippen LogP contribution is 2.25. The number of anilines is 1. The normalized spacial score (nSPS) is 17.9. The summed E-state index contributed by atoms with van der Waals surface area (Å²) in [5.74, 6) is 0. The van der Waals surface area contributed by atoms with E-state index in [-0.39, 0.29) is 17.8 Å². The van der Waals surface area contributed by atoms with Crippen molar-refractivity contribution >= 4 is 17.5 Å². The van der Waals surface area contributed by atoms with Crippen molar-refractivity contribution in [3.05, 3.63) is 34.4 Å². The number of nitro groups is 1. The lowest BCUT2D eigenvalue weighted by Crippen LogP contribution is -2.42. The van der Waals surface area contributed by atoms with E-state index in [1.807, 2.05) is 20.8 Å². The van der Waals surface area contributed by atoms with E-state index in [0.29, 0.717) is 6.54 Å². The zero-order valence-corrected chi connectivity index (χ0v) is 14.0. The third-order valence-electron chi connectivity index (χ3n) is 3.82. The van der Waals surface area contributed by atoms with Crippen LogP contribution in [0.4, 0.5) is 16.2 Å². The van der Waals surface area contributed by atoms with Crippen molar-refractivity contribution in [3.8, 4) is 0 Å². The monoisotopic (exact) mass is 321 g/mol. The van der Waals surface area contributed by atoms with E-state index in [1.54, 1.807) is 24.1 Å². The highest BCUT2D eigenvalue weighted by atomic mass is 16.6. The van der Waals surface area contributed by atoms with Crippen molar-refractivity contribution in [2.75, 3.05) is 25.0 Å². The van der Waals surface area contributed by atoms with Crippen LogP contribution in [0.15, 0.2) is 24.3 Å². The maximum absolute atomic E-state index is 12.1. The van der Waals surface area contributed by atoms with Crippen molar-refractivity contribution in [1.82, 2.24) is 4.90 Å². The van der Waals surface area contributed by atoms with Gasteiger partial charge in [0.1, 0.15) is 5.60 Å². The zero-order chi connectivity index (χ0) is 17.2. The van der Waals surface area contributed by atoms with Gasteiger partial charge in [-0.05, 0) is 39.3 Å². The van der Waals surface area contributed by atoms with Crippen LogP contribution in [-0.2, 0) is 4.74 Å². The van der Waals surface area contributed by atoms with Gasteiger partial charge in [-0.2, -0.15) is 0 Å². The van der Waals surface area contributed by atoms with Gasteiger partial charge in [0.2, 0.25) is 0 Å². The molecule has 7 nitrogen and oxygen atoms in total. The molecule has 1 aliphatic rings. The van der Waals surface area contributed by atoms with Crippen LogP contribution < -0.4 is 4.90 Å². The number of non-ortho nitro benzene ring substituents is 1. The van der Waals surface area contributed by atoms with E-state index >= 15 is 0 Å². The summed E-state index contributed by atoms with van der Waals surface area (Å²) in [6.45, 7) is 7.02. The first-order valence-electron chi connectivity index (χ1n) is 7.62. The topological polar surface area (TPSA) is 75.9 Å². The van der Waals surface area contributed by atoms with Crippen LogP contribution in [0, 0.1) is 10.1 Å². The minimum absolute atomic E-state index is 0.0695. The average molecular weight is 321 g/mol. The summed E-state index contributed by atoms with van der Waals surface area (Å²) >= 11 is 0. The molecule has 23 heavy (non-hydrogen) atoms. The Balaban J connectivity index is 1.97. The highest BCUT2D eigenvalue weighted by molar-refractivity contribution is 5.68. The van der Waals surface area contributed by atoms with Gasteiger partial charge in [-0.15, -0.1) is 0 Å². The van der Waals surface area contributed by atoms with Crippen molar-refractivity contribution in [2.24, 2.45) is 0 Å². The maximum Gasteiger partial charge on any atom is 0.410 e. The second kappa shape index (κ2) is 6.44. The van der Waals surface area contributed by atoms with Crippen LogP contribution in [0.5, 0.6) is 0 Å². The Morgan fingerprint density at radius 1 is 1.35 bits per heavy atom. The fraction of sp³-hybridized carbons (Fsp3) is 0.562. The highest BCUT2D eigenvalue weighted by Gasteiger charge is 2.31. The SMILES string of the molecule is CN(C(=O)OC(C)(C)C)[C@H]1CCN(c2ccc([N+](=O)[O-])cc2)C1. The molecule has 1 atom stereocenters. The molecule has 0 bridgehead atoms. The molecular weight excluding hydrogens is 298 g/mol. The van der Waals surface area contributed by atoms with Crippen molar-refractivity contribution < 1.29 is 14.5 Å². The first kappa shape index (κ1) is 17.1. The fourth-order valence-corrected chi connectivity index (χ4v) is 2.56. The van der Waals surface area contributed by atoms with Crippen LogP contribution in [0.2, 0.25) is 0 Å². The molecule has 7 heteroatoms. The summed E-state index contributed by atoms with van der Waals surface area (Å²) in [5, 5.41) is 10.7. The Morgan fingerprint density at radius 3 is 2.48 bits per heavy atom. The van der Waals surface area contributed by atoms with Crippen molar-refractivity contribution in [3.63, 3.8) is 0 Å². The Morgan fingerprint density at radius 2 is 1.96 bits per heavy atom. The van der Waals surface area contributed by atoms with E-state index in [4.69, 9.17) is 4.74 Å². The quantitative estimate of drug-likeness (QED) is 0.632. The number of nitro benzene ring substituents is 1. The van der Waals surface area contributed by atoms with Gasteiger partial charge in [-0.25, -0.2) is 4.79 Å². The molecule has 1 fully saturated rings. The molecule has 1 aromatic rings.